The number of halogens is 1. The number of nitrogen functional groups attached to an aromatic ring is 1. The van der Waals surface area contributed by atoms with Crippen LogP contribution in [-0.4, -0.2) is 15.5 Å². The smallest absolute Gasteiger partial charge is 0.262 e. The van der Waals surface area contributed by atoms with Gasteiger partial charge in [0.1, 0.15) is 11.6 Å². The van der Waals surface area contributed by atoms with Crippen molar-refractivity contribution in [2.24, 2.45) is 0 Å². The maximum atomic E-state index is 13.1. The fraction of sp³-hybridized carbons (Fsp3) is 0.143. The highest BCUT2D eigenvalue weighted by Crippen LogP contribution is 2.24. The molecule has 5 nitrogen and oxygen atoms in total. The molecule has 3 N–H and O–H groups in total. The Labute approximate surface area is 122 Å². The van der Waals surface area contributed by atoms with Gasteiger partial charge in [0.2, 0.25) is 0 Å². The number of aryl methyl sites for hydroxylation is 1. The van der Waals surface area contributed by atoms with Crippen molar-refractivity contribution in [2.75, 3.05) is 17.6 Å². The third-order valence-corrected chi connectivity index (χ3v) is 4.46. The molecule has 0 aliphatic rings. The first-order chi connectivity index (χ1) is 9.83. The fourth-order valence-electron chi connectivity index (χ4n) is 1.87. The minimum Gasteiger partial charge on any atom is -0.497 e. The highest BCUT2D eigenvalue weighted by molar-refractivity contribution is 7.92. The maximum absolute atomic E-state index is 13.1. The lowest BCUT2D eigenvalue weighted by molar-refractivity contribution is 0.414. The van der Waals surface area contributed by atoms with Crippen molar-refractivity contribution in [2.45, 2.75) is 11.8 Å². The molecule has 0 fully saturated rings. The predicted molar refractivity (Wildman–Crippen MR) is 79.4 cm³/mol. The second-order valence-electron chi connectivity index (χ2n) is 4.47. The molecule has 0 bridgehead atoms. The van der Waals surface area contributed by atoms with E-state index in [0.29, 0.717) is 11.3 Å². The Morgan fingerprint density at radius 1 is 1.19 bits per heavy atom. The van der Waals surface area contributed by atoms with E-state index < -0.39 is 15.8 Å². The van der Waals surface area contributed by atoms with E-state index in [4.69, 9.17) is 10.5 Å². The second kappa shape index (κ2) is 5.61. The van der Waals surface area contributed by atoms with Crippen molar-refractivity contribution in [3.63, 3.8) is 0 Å². The molecular weight excluding hydrogens is 295 g/mol. The van der Waals surface area contributed by atoms with Gasteiger partial charge in [-0.25, -0.2) is 12.8 Å². The molecule has 0 unspecified atom stereocenters. The van der Waals surface area contributed by atoms with Crippen molar-refractivity contribution in [1.29, 1.82) is 0 Å². The predicted octanol–water partition coefficient (Wildman–Crippen LogP) is 2.53. The lowest BCUT2D eigenvalue weighted by Crippen LogP contribution is -2.14. The van der Waals surface area contributed by atoms with E-state index in [9.17, 15) is 12.8 Å². The molecule has 0 amide bonds. The number of hydrogen-bond acceptors (Lipinski definition) is 4. The summed E-state index contributed by atoms with van der Waals surface area (Å²) >= 11 is 0. The van der Waals surface area contributed by atoms with Crippen molar-refractivity contribution < 1.29 is 17.5 Å². The van der Waals surface area contributed by atoms with Gasteiger partial charge in [0, 0.05) is 0 Å². The number of methoxy groups -OCH3 is 1. The summed E-state index contributed by atoms with van der Waals surface area (Å²) in [5.74, 6) is -0.0314. The molecule has 0 radical (unpaired) electrons. The van der Waals surface area contributed by atoms with Crippen molar-refractivity contribution >= 4 is 21.4 Å². The molecule has 0 saturated heterocycles. The number of ether oxygens (including phenoxy) is 1. The Bertz CT molecular complexity index is 776. The average Bonchev–Trinajstić information content (AvgIpc) is 2.42. The quantitative estimate of drug-likeness (QED) is 0.850. The Morgan fingerprint density at radius 3 is 2.48 bits per heavy atom. The molecule has 2 aromatic rings. The summed E-state index contributed by atoms with van der Waals surface area (Å²) in [5, 5.41) is 0. The molecule has 0 aliphatic carbocycles. The molecule has 2 rings (SSSR count). The summed E-state index contributed by atoms with van der Waals surface area (Å²) in [7, 11) is -2.28. The van der Waals surface area contributed by atoms with Gasteiger partial charge >= 0.3 is 0 Å². The third-order valence-electron chi connectivity index (χ3n) is 2.92. The van der Waals surface area contributed by atoms with Crippen LogP contribution < -0.4 is 15.2 Å². The van der Waals surface area contributed by atoms with Gasteiger partial charge in [-0.2, -0.15) is 0 Å². The molecule has 21 heavy (non-hydrogen) atoms. The molecular formula is C14H15FN2O3S. The van der Waals surface area contributed by atoms with E-state index in [1.807, 2.05) is 0 Å². The number of benzene rings is 2. The normalized spacial score (nSPS) is 11.2. The van der Waals surface area contributed by atoms with E-state index in [1.54, 1.807) is 19.1 Å². The van der Waals surface area contributed by atoms with Crippen molar-refractivity contribution in [1.82, 2.24) is 0 Å². The first-order valence-electron chi connectivity index (χ1n) is 6.06. The Morgan fingerprint density at radius 2 is 1.90 bits per heavy atom. The van der Waals surface area contributed by atoms with Crippen molar-refractivity contribution in [3.8, 4) is 5.75 Å². The van der Waals surface area contributed by atoms with Crippen LogP contribution >= 0.6 is 0 Å². The Kier molecular flexibility index (Phi) is 4.04. The zero-order valence-electron chi connectivity index (χ0n) is 11.6. The number of hydrogen-bond donors (Lipinski definition) is 2. The largest absolute Gasteiger partial charge is 0.497 e. The summed E-state index contributed by atoms with van der Waals surface area (Å²) < 4.78 is 45.2. The van der Waals surface area contributed by atoms with E-state index in [2.05, 4.69) is 4.72 Å². The van der Waals surface area contributed by atoms with Gasteiger partial charge in [0.05, 0.1) is 23.4 Å². The zero-order valence-corrected chi connectivity index (χ0v) is 12.4. The molecule has 0 aliphatic heterocycles. The van der Waals surface area contributed by atoms with Crippen molar-refractivity contribution in [3.05, 3.63) is 47.8 Å². The number of nitrogens with two attached hydrogens (primary N) is 1. The van der Waals surface area contributed by atoms with Crippen LogP contribution in [-0.2, 0) is 10.0 Å². The zero-order chi connectivity index (χ0) is 15.6. The summed E-state index contributed by atoms with van der Waals surface area (Å²) in [4.78, 5) is 0.117. The summed E-state index contributed by atoms with van der Waals surface area (Å²) in [5.41, 5.74) is 6.03. The molecule has 112 valence electrons. The van der Waals surface area contributed by atoms with Crippen LogP contribution in [0.25, 0.3) is 0 Å². The lowest BCUT2D eigenvalue weighted by Gasteiger charge is -2.12. The lowest BCUT2D eigenvalue weighted by atomic mass is 10.2. The van der Waals surface area contributed by atoms with E-state index >= 15 is 0 Å². The Balaban J connectivity index is 2.36. The van der Waals surface area contributed by atoms with Gasteiger partial charge in [0.25, 0.3) is 10.0 Å². The number of sulfonamides is 1. The van der Waals surface area contributed by atoms with Crippen LogP contribution in [0.1, 0.15) is 5.56 Å². The molecule has 2 aromatic carbocycles. The van der Waals surface area contributed by atoms with Gasteiger partial charge in [-0.05, 0) is 48.9 Å². The molecule has 0 saturated carbocycles. The summed E-state index contributed by atoms with van der Waals surface area (Å²) in [6.07, 6.45) is 0. The van der Waals surface area contributed by atoms with Gasteiger partial charge in [0.15, 0.2) is 0 Å². The average molecular weight is 310 g/mol. The van der Waals surface area contributed by atoms with Crippen LogP contribution in [0.3, 0.4) is 0 Å². The number of nitrogens with one attached hydrogen (secondary N) is 1. The third kappa shape index (κ3) is 3.25. The minimum absolute atomic E-state index is 0.117. The standard InChI is InChI=1S/C14H15FN2O3S/c1-9-7-11(20-2)4-6-14(9)21(18,19)17-10-3-5-12(15)13(16)8-10/h3-8,17H,16H2,1-2H3. The fourth-order valence-corrected chi connectivity index (χ4v) is 3.14. The molecule has 0 spiro atoms. The van der Waals surface area contributed by atoms with Gasteiger partial charge in [-0.1, -0.05) is 0 Å². The molecule has 7 heteroatoms. The highest BCUT2D eigenvalue weighted by atomic mass is 32.2. The minimum atomic E-state index is -3.78. The van der Waals surface area contributed by atoms with Crippen LogP contribution in [0.15, 0.2) is 41.3 Å². The first-order valence-corrected chi connectivity index (χ1v) is 7.54. The first kappa shape index (κ1) is 15.1. The van der Waals surface area contributed by atoms with Gasteiger partial charge in [-0.15, -0.1) is 0 Å². The molecule has 0 aromatic heterocycles. The number of rotatable bonds is 4. The topological polar surface area (TPSA) is 81.4 Å². The van der Waals surface area contributed by atoms with E-state index in [-0.39, 0.29) is 16.3 Å². The molecule has 0 atom stereocenters. The monoisotopic (exact) mass is 310 g/mol. The van der Waals surface area contributed by atoms with Gasteiger partial charge < -0.3 is 10.5 Å². The summed E-state index contributed by atoms with van der Waals surface area (Å²) in [6, 6.07) is 8.26. The van der Waals surface area contributed by atoms with Crippen LogP contribution in [0.2, 0.25) is 0 Å². The SMILES string of the molecule is COc1ccc(S(=O)(=O)Nc2ccc(F)c(N)c2)c(C)c1. The van der Waals surface area contributed by atoms with Gasteiger partial charge in [-0.3, -0.25) is 4.72 Å². The number of anilines is 2. The molecule has 0 heterocycles. The summed E-state index contributed by atoms with van der Waals surface area (Å²) in [6.45, 7) is 1.66. The Hall–Kier alpha value is -2.28. The van der Waals surface area contributed by atoms with Crippen LogP contribution in [0.5, 0.6) is 5.75 Å². The van der Waals surface area contributed by atoms with E-state index in [1.165, 1.54) is 25.3 Å². The second-order valence-corrected chi connectivity index (χ2v) is 6.12. The maximum Gasteiger partial charge on any atom is 0.262 e. The van der Waals surface area contributed by atoms with Crippen LogP contribution in [0.4, 0.5) is 15.8 Å². The van der Waals surface area contributed by atoms with E-state index in [0.717, 1.165) is 6.07 Å². The highest BCUT2D eigenvalue weighted by Gasteiger charge is 2.17. The van der Waals surface area contributed by atoms with Crippen LogP contribution in [0, 0.1) is 12.7 Å².